The van der Waals surface area contributed by atoms with Crippen LogP contribution in [0, 0.1) is 0 Å². The first kappa shape index (κ1) is 18.2. The van der Waals surface area contributed by atoms with Crippen LogP contribution in [-0.2, 0) is 22.3 Å². The number of ether oxygens (including phenoxy) is 1. The summed E-state index contributed by atoms with van der Waals surface area (Å²) in [5.74, 6) is -1.24. The van der Waals surface area contributed by atoms with Gasteiger partial charge in [0.25, 0.3) is 5.56 Å². The Bertz CT molecular complexity index is 842. The highest BCUT2D eigenvalue weighted by molar-refractivity contribution is 5.92. The van der Waals surface area contributed by atoms with Crippen molar-refractivity contribution in [2.45, 2.75) is 12.7 Å². The largest absolute Gasteiger partial charge is 0.465 e. The summed E-state index contributed by atoms with van der Waals surface area (Å²) in [6, 6.07) is 7.39. The van der Waals surface area contributed by atoms with E-state index in [2.05, 4.69) is 10.1 Å². The fraction of sp³-hybridized carbons (Fsp3) is 0.188. The summed E-state index contributed by atoms with van der Waals surface area (Å²) in [7, 11) is 1.23. The molecule has 132 valence electrons. The van der Waals surface area contributed by atoms with Crippen molar-refractivity contribution in [2.75, 3.05) is 12.4 Å². The molecule has 0 unspecified atom stereocenters. The molecule has 1 aromatic carbocycles. The molecule has 1 amide bonds. The molecule has 9 heteroatoms. The molecule has 0 aliphatic carbocycles. The lowest BCUT2D eigenvalue weighted by molar-refractivity contribution is -0.139. The number of carbonyl (C=O) groups excluding carboxylic acids is 2. The van der Waals surface area contributed by atoms with E-state index >= 15 is 0 Å². The maximum Gasteiger partial charge on any atom is 0.421 e. The van der Waals surface area contributed by atoms with Gasteiger partial charge >= 0.3 is 12.1 Å². The van der Waals surface area contributed by atoms with Gasteiger partial charge in [0.05, 0.1) is 12.7 Å². The van der Waals surface area contributed by atoms with Crippen molar-refractivity contribution in [1.82, 2.24) is 4.57 Å². The number of alkyl halides is 3. The Morgan fingerprint density at radius 1 is 1.16 bits per heavy atom. The molecule has 0 aliphatic heterocycles. The molecule has 0 aliphatic rings. The fourth-order valence-electron chi connectivity index (χ4n) is 2.04. The molecule has 2 aromatic rings. The molecule has 6 nitrogen and oxygen atoms in total. The third-order valence-electron chi connectivity index (χ3n) is 3.23. The van der Waals surface area contributed by atoms with Crippen LogP contribution in [0.5, 0.6) is 0 Å². The molecule has 0 fully saturated rings. The zero-order valence-corrected chi connectivity index (χ0v) is 13.0. The van der Waals surface area contributed by atoms with Gasteiger partial charge in [0.15, 0.2) is 0 Å². The van der Waals surface area contributed by atoms with E-state index in [-0.39, 0.29) is 5.56 Å². The number of pyridine rings is 1. The lowest BCUT2D eigenvalue weighted by Crippen LogP contribution is -2.31. The number of hydrogen-bond donors (Lipinski definition) is 1. The van der Waals surface area contributed by atoms with E-state index in [1.165, 1.54) is 31.4 Å². The Morgan fingerprint density at radius 2 is 1.80 bits per heavy atom. The number of benzene rings is 1. The van der Waals surface area contributed by atoms with Crippen LogP contribution in [0.15, 0.2) is 47.4 Å². The van der Waals surface area contributed by atoms with Gasteiger partial charge in [0.1, 0.15) is 12.1 Å². The van der Waals surface area contributed by atoms with E-state index in [9.17, 15) is 27.6 Å². The molecule has 0 spiro atoms. The van der Waals surface area contributed by atoms with E-state index in [4.69, 9.17) is 0 Å². The molecular formula is C16H13F3N2O4. The molecule has 1 heterocycles. The first-order valence-corrected chi connectivity index (χ1v) is 6.97. The SMILES string of the molecule is COC(=O)c1ccc(NC(=O)Cn2cccc(C(F)(F)F)c2=O)cc1. The number of amides is 1. The highest BCUT2D eigenvalue weighted by Crippen LogP contribution is 2.25. The van der Waals surface area contributed by atoms with Gasteiger partial charge in [-0.2, -0.15) is 13.2 Å². The van der Waals surface area contributed by atoms with E-state index in [1.54, 1.807) is 0 Å². The van der Waals surface area contributed by atoms with Crippen LogP contribution < -0.4 is 10.9 Å². The second-order valence-corrected chi connectivity index (χ2v) is 4.97. The first-order valence-electron chi connectivity index (χ1n) is 6.97. The number of halogens is 3. The zero-order chi connectivity index (χ0) is 18.6. The van der Waals surface area contributed by atoms with Crippen molar-refractivity contribution in [3.8, 4) is 0 Å². The summed E-state index contributed by atoms with van der Waals surface area (Å²) < 4.78 is 43.3. The van der Waals surface area contributed by atoms with Crippen LogP contribution in [0.25, 0.3) is 0 Å². The van der Waals surface area contributed by atoms with Crippen LogP contribution in [-0.4, -0.2) is 23.6 Å². The number of anilines is 1. The predicted molar refractivity (Wildman–Crippen MR) is 82.1 cm³/mol. The average Bonchev–Trinajstić information content (AvgIpc) is 2.55. The number of rotatable bonds is 4. The molecule has 25 heavy (non-hydrogen) atoms. The zero-order valence-electron chi connectivity index (χ0n) is 13.0. The van der Waals surface area contributed by atoms with Gasteiger partial charge in [-0.25, -0.2) is 4.79 Å². The number of nitrogens with zero attached hydrogens (tertiary/aromatic N) is 1. The van der Waals surface area contributed by atoms with Crippen LogP contribution in [0.2, 0.25) is 0 Å². The van der Waals surface area contributed by atoms with Gasteiger partial charge < -0.3 is 14.6 Å². The standard InChI is InChI=1S/C16H13F3N2O4/c1-25-15(24)10-4-6-11(7-5-10)20-13(22)9-21-8-2-3-12(14(21)23)16(17,18)19/h2-8H,9H2,1H3,(H,20,22). The molecule has 1 aromatic heterocycles. The monoisotopic (exact) mass is 354 g/mol. The smallest absolute Gasteiger partial charge is 0.421 e. The van der Waals surface area contributed by atoms with Gasteiger partial charge in [-0.15, -0.1) is 0 Å². The van der Waals surface area contributed by atoms with Crippen LogP contribution >= 0.6 is 0 Å². The van der Waals surface area contributed by atoms with Crippen molar-refractivity contribution in [2.24, 2.45) is 0 Å². The minimum atomic E-state index is -4.79. The van der Waals surface area contributed by atoms with Gasteiger partial charge in [-0.1, -0.05) is 0 Å². The molecule has 0 saturated heterocycles. The van der Waals surface area contributed by atoms with E-state index < -0.39 is 35.7 Å². The highest BCUT2D eigenvalue weighted by atomic mass is 19.4. The molecule has 2 rings (SSSR count). The normalized spacial score (nSPS) is 11.0. The first-order chi connectivity index (χ1) is 11.7. The number of hydrogen-bond acceptors (Lipinski definition) is 4. The van der Waals surface area contributed by atoms with E-state index in [0.29, 0.717) is 16.3 Å². The van der Waals surface area contributed by atoms with Crippen LogP contribution in [0.1, 0.15) is 15.9 Å². The summed E-state index contributed by atoms with van der Waals surface area (Å²) in [6.07, 6.45) is -3.70. The number of carbonyl (C=O) groups is 2. The highest BCUT2D eigenvalue weighted by Gasteiger charge is 2.34. The maximum absolute atomic E-state index is 12.7. The van der Waals surface area contributed by atoms with Gasteiger partial charge in [-0.05, 0) is 36.4 Å². The molecule has 0 saturated carbocycles. The van der Waals surface area contributed by atoms with Crippen LogP contribution in [0.4, 0.5) is 18.9 Å². The number of methoxy groups -OCH3 is 1. The Labute approximate surface area is 139 Å². The van der Waals surface area contributed by atoms with Gasteiger partial charge in [0.2, 0.25) is 5.91 Å². The molecule has 0 bridgehead atoms. The minimum Gasteiger partial charge on any atom is -0.465 e. The average molecular weight is 354 g/mol. The molecule has 0 atom stereocenters. The predicted octanol–water partition coefficient (Wildman–Crippen LogP) is 2.29. The lowest BCUT2D eigenvalue weighted by Gasteiger charge is -2.11. The topological polar surface area (TPSA) is 77.4 Å². The Balaban J connectivity index is 2.11. The fourth-order valence-corrected chi connectivity index (χ4v) is 2.04. The third-order valence-corrected chi connectivity index (χ3v) is 3.23. The van der Waals surface area contributed by atoms with Crippen molar-refractivity contribution in [1.29, 1.82) is 0 Å². The van der Waals surface area contributed by atoms with E-state index in [1.807, 2.05) is 0 Å². The van der Waals surface area contributed by atoms with Crippen molar-refractivity contribution >= 4 is 17.6 Å². The number of nitrogens with one attached hydrogen (secondary N) is 1. The van der Waals surface area contributed by atoms with Crippen LogP contribution in [0.3, 0.4) is 0 Å². The third kappa shape index (κ3) is 4.46. The van der Waals surface area contributed by atoms with Gasteiger partial charge in [0, 0.05) is 11.9 Å². The molecule has 1 N–H and O–H groups in total. The molecule has 0 radical (unpaired) electrons. The summed E-state index contributed by atoms with van der Waals surface area (Å²) in [4.78, 5) is 35.0. The van der Waals surface area contributed by atoms with Crippen molar-refractivity contribution in [3.05, 3.63) is 64.1 Å². The Hall–Kier alpha value is -3.10. The maximum atomic E-state index is 12.7. The quantitative estimate of drug-likeness (QED) is 0.855. The van der Waals surface area contributed by atoms with Gasteiger partial charge in [-0.3, -0.25) is 9.59 Å². The Morgan fingerprint density at radius 3 is 2.36 bits per heavy atom. The minimum absolute atomic E-state index is 0.273. The molecular weight excluding hydrogens is 341 g/mol. The second-order valence-electron chi connectivity index (χ2n) is 4.97. The summed E-state index contributed by atoms with van der Waals surface area (Å²) in [5.41, 5.74) is -2.05. The second kappa shape index (κ2) is 7.20. The summed E-state index contributed by atoms with van der Waals surface area (Å²) in [5, 5.41) is 2.43. The Kier molecular flexibility index (Phi) is 5.26. The van der Waals surface area contributed by atoms with E-state index in [0.717, 1.165) is 12.3 Å². The summed E-state index contributed by atoms with van der Waals surface area (Å²) in [6.45, 7) is -0.582. The lowest BCUT2D eigenvalue weighted by atomic mass is 10.2. The van der Waals surface area contributed by atoms with Crippen molar-refractivity contribution < 1.29 is 27.5 Å². The van der Waals surface area contributed by atoms with Crippen molar-refractivity contribution in [3.63, 3.8) is 0 Å². The summed E-state index contributed by atoms with van der Waals surface area (Å²) >= 11 is 0. The number of esters is 1. The number of aromatic nitrogens is 1.